The second kappa shape index (κ2) is 5.15. The molecule has 0 bridgehead atoms. The van der Waals surface area contributed by atoms with Gasteiger partial charge in [0.05, 0.1) is 0 Å². The average molecular weight is 130 g/mol. The van der Waals surface area contributed by atoms with Crippen LogP contribution in [-0.2, 0) is 0 Å². The van der Waals surface area contributed by atoms with Gasteiger partial charge < -0.3 is 5.11 Å². The molecule has 0 aromatic rings. The molecule has 0 spiro atoms. The maximum absolute atomic E-state index is 9.94. The zero-order valence-electron chi connectivity index (χ0n) is 5.18. The van der Waals surface area contributed by atoms with Gasteiger partial charge in [-0.1, -0.05) is 25.0 Å². The van der Waals surface area contributed by atoms with E-state index in [4.69, 9.17) is 5.11 Å². The molecule has 0 saturated carbocycles. The third kappa shape index (κ3) is 6.00. The summed E-state index contributed by atoms with van der Waals surface area (Å²) < 4.78 is 0. The van der Waals surface area contributed by atoms with Crippen molar-refractivity contribution < 1.29 is 9.90 Å². The highest BCUT2D eigenvalue weighted by Crippen LogP contribution is 1.92. The van der Waals surface area contributed by atoms with E-state index in [1.165, 1.54) is 0 Å². The van der Waals surface area contributed by atoms with Crippen LogP contribution in [0.15, 0.2) is 0 Å². The summed E-state index contributed by atoms with van der Waals surface area (Å²) in [5.41, 5.74) is 0. The minimum Gasteiger partial charge on any atom is -0.496 e. The van der Waals surface area contributed by atoms with E-state index in [1.54, 1.807) is 0 Å². The summed E-state index contributed by atoms with van der Waals surface area (Å²) in [4.78, 5) is 9.39. The Labute approximate surface area is 55.6 Å². The van der Waals surface area contributed by atoms with Crippen LogP contribution in [0.2, 0.25) is 5.28 Å². The quantitative estimate of drug-likeness (QED) is 0.460. The predicted molar refractivity (Wildman–Crippen MR) is 34.9 cm³/mol. The zero-order chi connectivity index (χ0) is 6.41. The summed E-state index contributed by atoms with van der Waals surface area (Å²) in [6.45, 7) is 2.08. The van der Waals surface area contributed by atoms with Crippen molar-refractivity contribution in [3.63, 3.8) is 0 Å². The number of carboxylic acid groups (broad SMARTS) is 1. The molecule has 0 amide bonds. The van der Waals surface area contributed by atoms with Gasteiger partial charge in [-0.3, -0.25) is 4.79 Å². The molecular formula is C5H11AlO2. The van der Waals surface area contributed by atoms with Gasteiger partial charge >= 0.3 is 15.2 Å². The lowest BCUT2D eigenvalue weighted by Gasteiger charge is -1.86. The van der Waals surface area contributed by atoms with Crippen molar-refractivity contribution >= 4 is 20.1 Å². The topological polar surface area (TPSA) is 37.3 Å². The van der Waals surface area contributed by atoms with Crippen molar-refractivity contribution in [1.82, 2.24) is 0 Å². The monoisotopic (exact) mass is 130 g/mol. The first-order chi connectivity index (χ1) is 3.77. The molecule has 0 heterocycles. The molecule has 0 radical (unpaired) electrons. The van der Waals surface area contributed by atoms with Crippen molar-refractivity contribution in [2.75, 3.05) is 0 Å². The Balaban J connectivity index is 2.82. The van der Waals surface area contributed by atoms with Crippen molar-refractivity contribution in [1.29, 1.82) is 0 Å². The molecule has 8 heavy (non-hydrogen) atoms. The third-order valence-corrected chi connectivity index (χ3v) is 2.28. The van der Waals surface area contributed by atoms with Gasteiger partial charge in [0.2, 0.25) is 0 Å². The molecule has 0 unspecified atom stereocenters. The lowest BCUT2D eigenvalue weighted by Crippen LogP contribution is -2.03. The van der Waals surface area contributed by atoms with E-state index in [2.05, 4.69) is 6.92 Å². The van der Waals surface area contributed by atoms with Gasteiger partial charge in [0, 0.05) is 0 Å². The highest BCUT2D eigenvalue weighted by atomic mass is 27.1. The molecule has 0 fully saturated rings. The van der Waals surface area contributed by atoms with Crippen LogP contribution in [0, 0.1) is 0 Å². The summed E-state index contributed by atoms with van der Waals surface area (Å²) in [5.74, 6) is 0. The van der Waals surface area contributed by atoms with E-state index in [9.17, 15) is 4.79 Å². The van der Waals surface area contributed by atoms with Crippen molar-refractivity contribution in [3.8, 4) is 0 Å². The van der Waals surface area contributed by atoms with Crippen LogP contribution < -0.4 is 0 Å². The summed E-state index contributed by atoms with van der Waals surface area (Å²) in [6, 6.07) is 0. The van der Waals surface area contributed by atoms with E-state index in [1.807, 2.05) is 0 Å². The summed E-state index contributed by atoms with van der Waals surface area (Å²) in [5, 5.41) is 9.17. The normalized spacial score (nSPS) is 8.62. The first kappa shape index (κ1) is 8.00. The maximum Gasteiger partial charge on any atom is 0.411 e. The summed E-state index contributed by atoms with van der Waals surface area (Å²) in [7, 11) is 0. The lowest BCUT2D eigenvalue weighted by atomic mass is 10.4. The second-order valence-corrected chi connectivity index (χ2v) is 3.66. The number of hydrogen-bond acceptors (Lipinski definition) is 1. The summed E-state index contributed by atoms with van der Waals surface area (Å²) in [6.07, 6.45) is 2.22. The highest BCUT2D eigenvalue weighted by Gasteiger charge is 1.99. The van der Waals surface area contributed by atoms with Crippen LogP contribution in [0.4, 0.5) is 4.79 Å². The smallest absolute Gasteiger partial charge is 0.411 e. The molecule has 0 aromatic carbocycles. The third-order valence-electron chi connectivity index (χ3n) is 0.994. The zero-order valence-corrected chi connectivity index (χ0v) is 6.60. The van der Waals surface area contributed by atoms with Gasteiger partial charge in [-0.2, -0.15) is 0 Å². The second-order valence-electron chi connectivity index (χ2n) is 1.85. The van der Waals surface area contributed by atoms with Gasteiger partial charge in [-0.05, 0) is 0 Å². The molecule has 0 atom stereocenters. The minimum absolute atomic E-state index is 0.543. The molecule has 0 rings (SSSR count). The number of rotatable bonds is 4. The van der Waals surface area contributed by atoms with E-state index >= 15 is 0 Å². The Morgan fingerprint density at radius 3 is 2.75 bits per heavy atom. The Hall–Kier alpha value is 0.00247. The van der Waals surface area contributed by atoms with Gasteiger partial charge in [-0.25, -0.2) is 0 Å². The van der Waals surface area contributed by atoms with Gasteiger partial charge in [-0.15, -0.1) is 0 Å². The maximum atomic E-state index is 9.94. The summed E-state index contributed by atoms with van der Waals surface area (Å²) >= 11 is -0.748. The van der Waals surface area contributed by atoms with Crippen LogP contribution in [-0.4, -0.2) is 25.2 Å². The molecular weight excluding hydrogens is 119 g/mol. The average Bonchev–Trinajstić information content (AvgIpc) is 1.66. The van der Waals surface area contributed by atoms with Crippen LogP contribution >= 0.6 is 0 Å². The Morgan fingerprint density at radius 1 is 1.75 bits per heavy atom. The van der Waals surface area contributed by atoms with Crippen LogP contribution in [0.5, 0.6) is 0 Å². The predicted octanol–water partition coefficient (Wildman–Crippen LogP) is 1.32. The molecule has 0 aliphatic heterocycles. The van der Waals surface area contributed by atoms with Crippen LogP contribution in [0.3, 0.4) is 0 Å². The largest absolute Gasteiger partial charge is 0.496 e. The lowest BCUT2D eigenvalue weighted by molar-refractivity contribution is 0.219. The van der Waals surface area contributed by atoms with E-state index in [-0.39, 0.29) is 0 Å². The Kier molecular flexibility index (Phi) is 5.15. The van der Waals surface area contributed by atoms with Crippen LogP contribution in [0.25, 0.3) is 0 Å². The van der Waals surface area contributed by atoms with Crippen molar-refractivity contribution in [2.45, 2.75) is 25.0 Å². The van der Waals surface area contributed by atoms with E-state index in [0.29, 0.717) is 0 Å². The SMILES string of the molecule is CCC[CH2][AlH][C](=O)O. The fourth-order valence-corrected chi connectivity index (χ4v) is 1.58. The first-order valence-electron chi connectivity index (χ1n) is 2.99. The van der Waals surface area contributed by atoms with Crippen LogP contribution in [0.1, 0.15) is 19.8 Å². The molecule has 1 N–H and O–H groups in total. The minimum atomic E-state index is -0.748. The fraction of sp³-hybridized carbons (Fsp3) is 0.800. The number of carbonyl (C=O) groups is 1. The molecule has 0 aliphatic rings. The Morgan fingerprint density at radius 2 is 2.38 bits per heavy atom. The van der Waals surface area contributed by atoms with Crippen molar-refractivity contribution in [3.05, 3.63) is 0 Å². The number of unbranched alkanes of at least 4 members (excludes halogenated alkanes) is 1. The first-order valence-corrected chi connectivity index (χ1v) is 4.70. The van der Waals surface area contributed by atoms with Gasteiger partial charge in [0.1, 0.15) is 0 Å². The fourth-order valence-electron chi connectivity index (χ4n) is 0.526. The molecule has 2 nitrogen and oxygen atoms in total. The molecule has 0 aliphatic carbocycles. The molecule has 3 heteroatoms. The standard InChI is InChI=1S/C4H9.CHO2.Al.H/c1-3-4-2;2-1-3;;/h1,3-4H2,2H3;(H,2,3);;. The van der Waals surface area contributed by atoms with Crippen molar-refractivity contribution in [2.24, 2.45) is 0 Å². The van der Waals surface area contributed by atoms with Gasteiger partial charge in [0.25, 0.3) is 0 Å². The highest BCUT2D eigenvalue weighted by molar-refractivity contribution is 6.71. The molecule has 46 valence electrons. The van der Waals surface area contributed by atoms with E-state index < -0.39 is 20.1 Å². The molecule has 0 saturated heterocycles. The van der Waals surface area contributed by atoms with Gasteiger partial charge in [0.15, 0.2) is 4.83 Å². The molecule has 0 aromatic heterocycles. The number of hydrogen-bond donors (Lipinski definition) is 1. The van der Waals surface area contributed by atoms with E-state index in [0.717, 1.165) is 18.1 Å². The Bertz CT molecular complexity index is 72.8.